The molecule has 0 unspecified atom stereocenters. The molecule has 0 aromatic carbocycles. The third-order valence-corrected chi connectivity index (χ3v) is 1.90. The van der Waals surface area contributed by atoms with Gasteiger partial charge in [-0.2, -0.15) is 0 Å². The lowest BCUT2D eigenvalue weighted by Crippen LogP contribution is -2.19. The quantitative estimate of drug-likeness (QED) is 0.818. The van der Waals surface area contributed by atoms with Crippen LogP contribution in [0.15, 0.2) is 6.20 Å². The predicted octanol–water partition coefficient (Wildman–Crippen LogP) is 1.53. The van der Waals surface area contributed by atoms with E-state index in [0.29, 0.717) is 5.82 Å². The molecule has 0 aliphatic carbocycles. The van der Waals surface area contributed by atoms with Crippen molar-refractivity contribution in [3.63, 3.8) is 0 Å². The van der Waals surface area contributed by atoms with Gasteiger partial charge in [-0.15, -0.1) is 0 Å². The van der Waals surface area contributed by atoms with Crippen LogP contribution in [0.4, 0.5) is 10.6 Å². The van der Waals surface area contributed by atoms with Gasteiger partial charge in [0.1, 0.15) is 11.4 Å². The van der Waals surface area contributed by atoms with E-state index in [4.69, 9.17) is 9.47 Å². The first-order valence-electron chi connectivity index (χ1n) is 5.53. The van der Waals surface area contributed by atoms with Crippen molar-refractivity contribution in [3.05, 3.63) is 17.6 Å². The standard InChI is InChI=1S/C11H15N3O4/c1-4-17-10(15)8-6-12-7(3)13-9(8)14-11(16)18-5-2/h6H,4-5H2,1-3H3,(H,12,13,14,16). The van der Waals surface area contributed by atoms with Crippen LogP contribution in [0.5, 0.6) is 0 Å². The van der Waals surface area contributed by atoms with Gasteiger partial charge in [0.05, 0.1) is 13.2 Å². The summed E-state index contributed by atoms with van der Waals surface area (Å²) >= 11 is 0. The first-order chi connectivity index (χ1) is 8.58. The molecule has 0 spiro atoms. The van der Waals surface area contributed by atoms with Gasteiger partial charge in [-0.1, -0.05) is 0 Å². The number of nitrogens with zero attached hydrogens (tertiary/aromatic N) is 2. The average Bonchev–Trinajstić information content (AvgIpc) is 2.29. The fourth-order valence-corrected chi connectivity index (χ4v) is 1.19. The Morgan fingerprint density at radius 2 is 1.94 bits per heavy atom. The van der Waals surface area contributed by atoms with E-state index < -0.39 is 12.1 Å². The molecule has 0 atom stereocenters. The Bertz CT molecular complexity index is 448. The smallest absolute Gasteiger partial charge is 0.412 e. The van der Waals surface area contributed by atoms with Crippen molar-refractivity contribution >= 4 is 17.9 Å². The molecule has 1 aromatic rings. The van der Waals surface area contributed by atoms with Crippen molar-refractivity contribution in [2.24, 2.45) is 0 Å². The lowest BCUT2D eigenvalue weighted by Gasteiger charge is -2.09. The highest BCUT2D eigenvalue weighted by Gasteiger charge is 2.17. The normalized spacial score (nSPS) is 9.72. The van der Waals surface area contributed by atoms with Crippen molar-refractivity contribution in [2.75, 3.05) is 18.5 Å². The molecule has 7 heteroatoms. The van der Waals surface area contributed by atoms with Gasteiger partial charge >= 0.3 is 12.1 Å². The molecular formula is C11H15N3O4. The van der Waals surface area contributed by atoms with Crippen LogP contribution < -0.4 is 5.32 Å². The second-order valence-electron chi connectivity index (χ2n) is 3.25. The Hall–Kier alpha value is -2.18. The van der Waals surface area contributed by atoms with Crippen molar-refractivity contribution in [1.82, 2.24) is 9.97 Å². The second kappa shape index (κ2) is 6.53. The van der Waals surface area contributed by atoms with Gasteiger partial charge in [0.25, 0.3) is 0 Å². The van der Waals surface area contributed by atoms with Crippen molar-refractivity contribution < 1.29 is 19.1 Å². The number of carbonyl (C=O) groups is 2. The lowest BCUT2D eigenvalue weighted by atomic mass is 10.3. The maximum atomic E-state index is 11.6. The Balaban J connectivity index is 2.96. The monoisotopic (exact) mass is 253 g/mol. The maximum Gasteiger partial charge on any atom is 0.412 e. The summed E-state index contributed by atoms with van der Waals surface area (Å²) in [5.41, 5.74) is 0.0931. The Morgan fingerprint density at radius 1 is 1.28 bits per heavy atom. The van der Waals surface area contributed by atoms with E-state index in [-0.39, 0.29) is 24.6 Å². The van der Waals surface area contributed by atoms with Gasteiger partial charge in [0.15, 0.2) is 5.82 Å². The summed E-state index contributed by atoms with van der Waals surface area (Å²) in [6, 6.07) is 0. The highest BCUT2D eigenvalue weighted by Crippen LogP contribution is 2.13. The number of amides is 1. The highest BCUT2D eigenvalue weighted by molar-refractivity contribution is 5.98. The first kappa shape index (κ1) is 13.9. The molecule has 0 fully saturated rings. The molecule has 1 rings (SSSR count). The van der Waals surface area contributed by atoms with Gasteiger partial charge < -0.3 is 9.47 Å². The molecule has 0 radical (unpaired) electrons. The van der Waals surface area contributed by atoms with E-state index in [1.54, 1.807) is 20.8 Å². The van der Waals surface area contributed by atoms with Crippen LogP contribution in [0.2, 0.25) is 0 Å². The molecule has 7 nitrogen and oxygen atoms in total. The van der Waals surface area contributed by atoms with Gasteiger partial charge in [0.2, 0.25) is 0 Å². The maximum absolute atomic E-state index is 11.6. The zero-order chi connectivity index (χ0) is 13.5. The van der Waals surface area contributed by atoms with Gasteiger partial charge in [-0.25, -0.2) is 19.6 Å². The number of anilines is 1. The summed E-state index contributed by atoms with van der Waals surface area (Å²) in [4.78, 5) is 30.8. The van der Waals surface area contributed by atoms with Crippen LogP contribution in [0.1, 0.15) is 30.0 Å². The Kier molecular flexibility index (Phi) is 5.04. The molecule has 0 aliphatic heterocycles. The average molecular weight is 253 g/mol. The molecule has 1 amide bonds. The minimum absolute atomic E-state index is 0.0828. The van der Waals surface area contributed by atoms with Gasteiger partial charge in [0, 0.05) is 6.20 Å². The molecule has 0 saturated heterocycles. The fraction of sp³-hybridized carbons (Fsp3) is 0.455. The zero-order valence-electron chi connectivity index (χ0n) is 10.5. The number of aromatic nitrogens is 2. The first-order valence-corrected chi connectivity index (χ1v) is 5.53. The molecule has 0 aliphatic rings. The minimum Gasteiger partial charge on any atom is -0.462 e. The number of hydrogen-bond acceptors (Lipinski definition) is 6. The summed E-state index contributed by atoms with van der Waals surface area (Å²) in [5.74, 6) is -0.0847. The Labute approximate surface area is 105 Å². The molecule has 1 heterocycles. The van der Waals surface area contributed by atoms with Gasteiger partial charge in [-0.05, 0) is 20.8 Å². The van der Waals surface area contributed by atoms with Crippen molar-refractivity contribution in [1.29, 1.82) is 0 Å². The highest BCUT2D eigenvalue weighted by atomic mass is 16.5. The van der Waals surface area contributed by atoms with E-state index in [0.717, 1.165) is 0 Å². The second-order valence-corrected chi connectivity index (χ2v) is 3.25. The summed E-state index contributed by atoms with van der Waals surface area (Å²) in [6.45, 7) is 5.46. The summed E-state index contributed by atoms with van der Waals surface area (Å²) in [7, 11) is 0. The number of hydrogen-bond donors (Lipinski definition) is 1. The van der Waals surface area contributed by atoms with Crippen LogP contribution in [0.3, 0.4) is 0 Å². The number of esters is 1. The van der Waals surface area contributed by atoms with E-state index in [2.05, 4.69) is 15.3 Å². The van der Waals surface area contributed by atoms with Crippen molar-refractivity contribution in [2.45, 2.75) is 20.8 Å². The molecule has 18 heavy (non-hydrogen) atoms. The molecule has 1 aromatic heterocycles. The van der Waals surface area contributed by atoms with Crippen LogP contribution in [-0.4, -0.2) is 35.2 Å². The summed E-state index contributed by atoms with van der Waals surface area (Å²) < 4.78 is 9.56. The molecule has 0 saturated carbocycles. The summed E-state index contributed by atoms with van der Waals surface area (Å²) in [5, 5.41) is 2.38. The fourth-order valence-electron chi connectivity index (χ4n) is 1.19. The van der Waals surface area contributed by atoms with E-state index in [1.807, 2.05) is 0 Å². The number of nitrogens with one attached hydrogen (secondary N) is 1. The van der Waals surface area contributed by atoms with Crippen LogP contribution >= 0.6 is 0 Å². The number of aryl methyl sites for hydroxylation is 1. The van der Waals surface area contributed by atoms with Crippen LogP contribution in [-0.2, 0) is 9.47 Å². The van der Waals surface area contributed by atoms with E-state index in [1.165, 1.54) is 6.20 Å². The largest absolute Gasteiger partial charge is 0.462 e. The SMILES string of the molecule is CCOC(=O)Nc1nc(C)ncc1C(=O)OCC. The third kappa shape index (κ3) is 3.69. The van der Waals surface area contributed by atoms with Crippen molar-refractivity contribution in [3.8, 4) is 0 Å². The van der Waals surface area contributed by atoms with Crippen LogP contribution in [0, 0.1) is 6.92 Å². The minimum atomic E-state index is -0.679. The topological polar surface area (TPSA) is 90.4 Å². The van der Waals surface area contributed by atoms with E-state index >= 15 is 0 Å². The molecule has 0 bridgehead atoms. The molecular weight excluding hydrogens is 238 g/mol. The van der Waals surface area contributed by atoms with E-state index in [9.17, 15) is 9.59 Å². The number of carbonyl (C=O) groups excluding carboxylic acids is 2. The van der Waals surface area contributed by atoms with Gasteiger partial charge in [-0.3, -0.25) is 5.32 Å². The Morgan fingerprint density at radius 3 is 2.56 bits per heavy atom. The molecule has 98 valence electrons. The third-order valence-electron chi connectivity index (χ3n) is 1.90. The summed E-state index contributed by atoms with van der Waals surface area (Å²) in [6.07, 6.45) is 0.628. The zero-order valence-corrected chi connectivity index (χ0v) is 10.5. The number of ether oxygens (including phenoxy) is 2. The number of rotatable bonds is 4. The lowest BCUT2D eigenvalue weighted by molar-refractivity contribution is 0.0526. The predicted molar refractivity (Wildman–Crippen MR) is 63.4 cm³/mol. The molecule has 1 N–H and O–H groups in total. The van der Waals surface area contributed by atoms with Crippen LogP contribution in [0.25, 0.3) is 0 Å².